The van der Waals surface area contributed by atoms with Gasteiger partial charge >= 0.3 is 5.97 Å². The third-order valence-electron chi connectivity index (χ3n) is 2.48. The molecule has 0 unspecified atom stereocenters. The summed E-state index contributed by atoms with van der Waals surface area (Å²) in [4.78, 5) is 10.7. The molecule has 0 rings (SSSR count). The van der Waals surface area contributed by atoms with Crippen LogP contribution in [0.2, 0.25) is 0 Å². The lowest BCUT2D eigenvalue weighted by Gasteiger charge is -2.24. The number of carboxylic acid groups (broad SMARTS) is 1. The van der Waals surface area contributed by atoms with Gasteiger partial charge in [0.25, 0.3) is 0 Å². The van der Waals surface area contributed by atoms with E-state index in [1.807, 2.05) is 20.8 Å². The van der Waals surface area contributed by atoms with E-state index in [-0.39, 0.29) is 0 Å². The molecule has 1 N–H and O–H groups in total. The van der Waals surface area contributed by atoms with Crippen molar-refractivity contribution in [2.24, 2.45) is 5.41 Å². The third kappa shape index (κ3) is 8.43. The number of carbonyl (C=O) groups is 1. The summed E-state index contributed by atoms with van der Waals surface area (Å²) in [6.45, 7) is 5.80. The predicted molar refractivity (Wildman–Crippen MR) is 64.9 cm³/mol. The van der Waals surface area contributed by atoms with Gasteiger partial charge in [0.1, 0.15) is 0 Å². The summed E-state index contributed by atoms with van der Waals surface area (Å²) in [6.07, 6.45) is 2.19. The zero-order valence-corrected chi connectivity index (χ0v) is 11.4. The first-order valence-corrected chi connectivity index (χ1v) is 5.65. The number of hydrogen-bond acceptors (Lipinski definition) is 1. The summed E-state index contributed by atoms with van der Waals surface area (Å²) in [5, 5.41) is 8.82. The third-order valence-corrected chi connectivity index (χ3v) is 2.48. The molecule has 0 heterocycles. The van der Waals surface area contributed by atoms with E-state index in [1.165, 1.54) is 0 Å². The van der Waals surface area contributed by atoms with Crippen LogP contribution in [0.1, 0.15) is 40.0 Å². The number of nitrogens with zero attached hydrogens (tertiary/aromatic N) is 1. The van der Waals surface area contributed by atoms with Crippen molar-refractivity contribution in [2.45, 2.75) is 40.0 Å². The summed E-state index contributed by atoms with van der Waals surface area (Å²) < 4.78 is 1.00. The molecule has 0 radical (unpaired) electrons. The SMILES string of the molecule is CCC(CC)(CC)C(=O)O.C[N+](C)(C)C. The van der Waals surface area contributed by atoms with Gasteiger partial charge in [0, 0.05) is 0 Å². The molecule has 0 saturated carbocycles. The molecule has 0 aliphatic rings. The van der Waals surface area contributed by atoms with Gasteiger partial charge in [-0.3, -0.25) is 4.79 Å². The minimum absolute atomic E-state index is 0.458. The summed E-state index contributed by atoms with van der Waals surface area (Å²) in [5.74, 6) is -0.653. The van der Waals surface area contributed by atoms with Crippen molar-refractivity contribution in [3.05, 3.63) is 0 Å². The Bertz CT molecular complexity index is 164. The lowest BCUT2D eigenvalue weighted by molar-refractivity contribution is -0.849. The maximum Gasteiger partial charge on any atom is 0.309 e. The fraction of sp³-hybridized carbons (Fsp3) is 0.917. The molecule has 0 bridgehead atoms. The van der Waals surface area contributed by atoms with Crippen LogP contribution in [0, 0.1) is 5.41 Å². The van der Waals surface area contributed by atoms with Crippen LogP contribution in [0.5, 0.6) is 0 Å². The Morgan fingerprint density at radius 3 is 1.20 bits per heavy atom. The van der Waals surface area contributed by atoms with Crippen molar-refractivity contribution in [1.82, 2.24) is 0 Å². The Kier molecular flexibility index (Phi) is 7.67. The summed E-state index contributed by atoms with van der Waals surface area (Å²) >= 11 is 0. The predicted octanol–water partition coefficient (Wildman–Crippen LogP) is 2.61. The molecule has 15 heavy (non-hydrogen) atoms. The molecule has 0 aliphatic carbocycles. The molecule has 0 aromatic carbocycles. The van der Waals surface area contributed by atoms with Crippen LogP contribution >= 0.6 is 0 Å². The van der Waals surface area contributed by atoms with Gasteiger partial charge in [-0.2, -0.15) is 0 Å². The van der Waals surface area contributed by atoms with Gasteiger partial charge in [-0.25, -0.2) is 0 Å². The molecular weight excluding hydrogens is 190 g/mol. The van der Waals surface area contributed by atoms with Crippen molar-refractivity contribution in [3.63, 3.8) is 0 Å². The highest BCUT2D eigenvalue weighted by molar-refractivity contribution is 5.74. The first-order valence-electron chi connectivity index (χ1n) is 5.65. The van der Waals surface area contributed by atoms with Crippen LogP contribution in [0.4, 0.5) is 0 Å². The number of aliphatic carboxylic acids is 1. The smallest absolute Gasteiger partial charge is 0.309 e. The number of carboxylic acids is 1. The molecule has 0 atom stereocenters. The molecule has 0 fully saturated rings. The average Bonchev–Trinajstić information content (AvgIpc) is 2.05. The molecule has 0 aliphatic heterocycles. The highest BCUT2D eigenvalue weighted by atomic mass is 16.4. The zero-order valence-electron chi connectivity index (χ0n) is 11.4. The Labute approximate surface area is 94.7 Å². The van der Waals surface area contributed by atoms with Crippen LogP contribution in [-0.4, -0.2) is 43.7 Å². The standard InChI is InChI=1S/C8H16O2.C4H12N/c1-4-8(5-2,6-3)7(9)10;1-5(2,3)4/h4-6H2,1-3H3,(H,9,10);1-4H3/q;+1. The van der Waals surface area contributed by atoms with Gasteiger partial charge in [-0.05, 0) is 19.3 Å². The van der Waals surface area contributed by atoms with E-state index in [1.54, 1.807) is 0 Å². The van der Waals surface area contributed by atoms with E-state index in [0.717, 1.165) is 23.7 Å². The van der Waals surface area contributed by atoms with Gasteiger partial charge in [0.15, 0.2) is 0 Å². The second-order valence-corrected chi connectivity index (χ2v) is 5.33. The van der Waals surface area contributed by atoms with Crippen molar-refractivity contribution in [3.8, 4) is 0 Å². The van der Waals surface area contributed by atoms with Crippen molar-refractivity contribution in [1.29, 1.82) is 0 Å². The lowest BCUT2D eigenvalue weighted by atomic mass is 9.80. The second-order valence-electron chi connectivity index (χ2n) is 5.33. The average molecular weight is 218 g/mol. The van der Waals surface area contributed by atoms with E-state index < -0.39 is 11.4 Å². The molecule has 0 amide bonds. The minimum atomic E-state index is -0.653. The Morgan fingerprint density at radius 1 is 1.00 bits per heavy atom. The van der Waals surface area contributed by atoms with E-state index in [0.29, 0.717) is 0 Å². The van der Waals surface area contributed by atoms with Gasteiger partial charge in [0.2, 0.25) is 0 Å². The van der Waals surface area contributed by atoms with E-state index >= 15 is 0 Å². The van der Waals surface area contributed by atoms with Crippen LogP contribution < -0.4 is 0 Å². The van der Waals surface area contributed by atoms with E-state index in [9.17, 15) is 4.79 Å². The number of hydrogen-bond donors (Lipinski definition) is 1. The van der Waals surface area contributed by atoms with E-state index in [2.05, 4.69) is 28.2 Å². The molecule has 3 nitrogen and oxygen atoms in total. The summed E-state index contributed by atoms with van der Waals surface area (Å²) in [7, 11) is 8.50. The van der Waals surface area contributed by atoms with Crippen molar-refractivity contribution >= 4 is 5.97 Å². The topological polar surface area (TPSA) is 37.3 Å². The van der Waals surface area contributed by atoms with Gasteiger partial charge in [-0.15, -0.1) is 0 Å². The molecular formula is C12H28NO2+. The Hall–Kier alpha value is -0.570. The molecule has 3 heteroatoms. The normalized spacial score (nSPS) is 11.7. The van der Waals surface area contributed by atoms with E-state index in [4.69, 9.17) is 5.11 Å². The largest absolute Gasteiger partial charge is 0.481 e. The fourth-order valence-electron chi connectivity index (χ4n) is 1.20. The van der Waals surface area contributed by atoms with Crippen LogP contribution in [-0.2, 0) is 4.79 Å². The van der Waals surface area contributed by atoms with Crippen molar-refractivity contribution in [2.75, 3.05) is 28.2 Å². The molecule has 0 spiro atoms. The number of quaternary nitrogens is 1. The van der Waals surface area contributed by atoms with Crippen LogP contribution in [0.3, 0.4) is 0 Å². The first kappa shape index (κ1) is 16.8. The first-order chi connectivity index (χ1) is 6.63. The maximum absolute atomic E-state index is 10.7. The second kappa shape index (κ2) is 6.83. The fourth-order valence-corrected chi connectivity index (χ4v) is 1.20. The molecule has 0 saturated heterocycles. The van der Waals surface area contributed by atoms with Gasteiger partial charge in [0.05, 0.1) is 33.6 Å². The van der Waals surface area contributed by atoms with Gasteiger partial charge in [-0.1, -0.05) is 20.8 Å². The lowest BCUT2D eigenvalue weighted by Crippen LogP contribution is -2.28. The van der Waals surface area contributed by atoms with Crippen molar-refractivity contribution < 1.29 is 14.4 Å². The Balaban J connectivity index is 0. The van der Waals surface area contributed by atoms with Crippen LogP contribution in [0.25, 0.3) is 0 Å². The highest BCUT2D eigenvalue weighted by Gasteiger charge is 2.32. The molecule has 92 valence electrons. The maximum atomic E-state index is 10.7. The quantitative estimate of drug-likeness (QED) is 0.736. The van der Waals surface area contributed by atoms with Crippen LogP contribution in [0.15, 0.2) is 0 Å². The molecule has 0 aromatic rings. The minimum Gasteiger partial charge on any atom is -0.481 e. The summed E-state index contributed by atoms with van der Waals surface area (Å²) in [5.41, 5.74) is -0.458. The number of rotatable bonds is 4. The highest BCUT2D eigenvalue weighted by Crippen LogP contribution is 2.30. The van der Waals surface area contributed by atoms with Gasteiger partial charge < -0.3 is 9.59 Å². The summed E-state index contributed by atoms with van der Waals surface area (Å²) in [6, 6.07) is 0. The zero-order chi connectivity index (χ0) is 12.7. The molecule has 0 aromatic heterocycles. The Morgan fingerprint density at radius 2 is 1.20 bits per heavy atom. The monoisotopic (exact) mass is 218 g/mol.